The molecule has 0 aliphatic heterocycles. The molecule has 0 fully saturated rings. The molecule has 0 radical (unpaired) electrons. The molecule has 1 unspecified atom stereocenters. The van der Waals surface area contributed by atoms with Crippen molar-refractivity contribution < 1.29 is 9.59 Å². The highest BCUT2D eigenvalue weighted by atomic mass is 16.2. The van der Waals surface area contributed by atoms with E-state index >= 15 is 0 Å². The minimum atomic E-state index is -0.163. The van der Waals surface area contributed by atoms with Crippen LogP contribution in [0.15, 0.2) is 0 Å². The molecule has 0 saturated carbocycles. The highest BCUT2D eigenvalue weighted by Crippen LogP contribution is 2.04. The lowest BCUT2D eigenvalue weighted by atomic mass is 10.1. The summed E-state index contributed by atoms with van der Waals surface area (Å²) >= 11 is 0. The fourth-order valence-corrected chi connectivity index (χ4v) is 1.09. The van der Waals surface area contributed by atoms with E-state index in [2.05, 4.69) is 0 Å². The van der Waals surface area contributed by atoms with E-state index in [0.29, 0.717) is 19.4 Å². The van der Waals surface area contributed by atoms with Gasteiger partial charge in [-0.1, -0.05) is 6.92 Å². The van der Waals surface area contributed by atoms with Gasteiger partial charge >= 0.3 is 0 Å². The van der Waals surface area contributed by atoms with Gasteiger partial charge in [0.2, 0.25) is 5.91 Å². The molecule has 0 aromatic heterocycles. The second kappa shape index (κ2) is 6.29. The van der Waals surface area contributed by atoms with E-state index in [1.165, 1.54) is 13.1 Å². The number of carbonyl (C=O) groups is 2. The fourth-order valence-electron chi connectivity index (χ4n) is 1.09. The van der Waals surface area contributed by atoms with Crippen LogP contribution in [0.4, 0.5) is 0 Å². The van der Waals surface area contributed by atoms with Gasteiger partial charge in [-0.05, 0) is 19.6 Å². The largest absolute Gasteiger partial charge is 0.345 e. The Hall–Kier alpha value is -1.19. The highest BCUT2D eigenvalue weighted by molar-refractivity contribution is 5.81. The van der Waals surface area contributed by atoms with Crippen molar-refractivity contribution in [2.45, 2.75) is 26.7 Å². The number of nitrogens with zero attached hydrogens (tertiary/aromatic N) is 1. The normalized spacial score (nSPS) is 11.9. The summed E-state index contributed by atoms with van der Waals surface area (Å²) in [6, 6.07) is 0. The van der Waals surface area contributed by atoms with Crippen LogP contribution in [-0.2, 0) is 9.59 Å². The average molecular weight is 198 g/mol. The van der Waals surface area contributed by atoms with Gasteiger partial charge in [-0.2, -0.15) is 0 Å². The van der Waals surface area contributed by atoms with E-state index in [1.54, 1.807) is 18.9 Å². The molecule has 0 heterocycles. The van der Waals surface area contributed by atoms with Gasteiger partial charge in [0.05, 0.1) is 0 Å². The van der Waals surface area contributed by atoms with Crippen LogP contribution >= 0.6 is 0 Å². The van der Waals surface area contributed by atoms with Crippen LogP contribution < -0.4 is 0 Å². The Morgan fingerprint density at radius 3 is 2.50 bits per heavy atom. The quantitative estimate of drug-likeness (QED) is 0.650. The Kier molecular flexibility index (Phi) is 5.76. The van der Waals surface area contributed by atoms with Gasteiger partial charge in [-0.25, -0.2) is 0 Å². The first-order valence-corrected chi connectivity index (χ1v) is 4.72. The predicted molar refractivity (Wildman–Crippen MR) is 55.5 cm³/mol. The van der Waals surface area contributed by atoms with E-state index < -0.39 is 0 Å². The van der Waals surface area contributed by atoms with E-state index in [0.717, 1.165) is 0 Å². The summed E-state index contributed by atoms with van der Waals surface area (Å²) in [6.45, 7) is 3.77. The smallest absolute Gasteiger partial charge is 0.225 e. The molecule has 0 bridgehead atoms. The number of ketones is 1. The lowest BCUT2D eigenvalue weighted by molar-refractivity contribution is -0.133. The summed E-state index contributed by atoms with van der Waals surface area (Å²) in [6.07, 6.45) is 2.10. The van der Waals surface area contributed by atoms with Crippen LogP contribution in [0, 0.1) is 11.3 Å². The second-order valence-corrected chi connectivity index (χ2v) is 3.55. The van der Waals surface area contributed by atoms with Crippen LogP contribution in [-0.4, -0.2) is 36.4 Å². The summed E-state index contributed by atoms with van der Waals surface area (Å²) < 4.78 is 0. The Morgan fingerprint density at radius 2 is 2.07 bits per heavy atom. The minimum absolute atomic E-state index is 0.00486. The molecule has 80 valence electrons. The molecule has 0 spiro atoms. The number of hydrogen-bond acceptors (Lipinski definition) is 3. The van der Waals surface area contributed by atoms with Gasteiger partial charge < -0.3 is 10.3 Å². The van der Waals surface area contributed by atoms with Crippen molar-refractivity contribution in [2.75, 3.05) is 13.6 Å². The van der Waals surface area contributed by atoms with Gasteiger partial charge in [-0.15, -0.1) is 0 Å². The highest BCUT2D eigenvalue weighted by Gasteiger charge is 2.16. The van der Waals surface area contributed by atoms with E-state index in [9.17, 15) is 9.59 Å². The Morgan fingerprint density at radius 1 is 1.50 bits per heavy atom. The fraction of sp³-hybridized carbons (Fsp3) is 0.700. The summed E-state index contributed by atoms with van der Waals surface area (Å²) in [4.78, 5) is 23.8. The lowest BCUT2D eigenvalue weighted by Crippen LogP contribution is -2.33. The molecule has 0 aromatic rings. The zero-order chi connectivity index (χ0) is 11.1. The second-order valence-electron chi connectivity index (χ2n) is 3.55. The first-order chi connectivity index (χ1) is 6.49. The van der Waals surface area contributed by atoms with E-state index in [1.807, 2.05) is 0 Å². The van der Waals surface area contributed by atoms with Gasteiger partial charge in [0.1, 0.15) is 5.78 Å². The number of hydrogen-bond donors (Lipinski definition) is 1. The van der Waals surface area contributed by atoms with Crippen molar-refractivity contribution in [3.63, 3.8) is 0 Å². The first kappa shape index (κ1) is 12.8. The zero-order valence-corrected chi connectivity index (χ0v) is 9.04. The topological polar surface area (TPSA) is 61.2 Å². The van der Waals surface area contributed by atoms with Crippen molar-refractivity contribution in [2.24, 2.45) is 5.92 Å². The van der Waals surface area contributed by atoms with E-state index in [4.69, 9.17) is 5.41 Å². The molecule has 4 nitrogen and oxygen atoms in total. The molecular weight excluding hydrogens is 180 g/mol. The standard InChI is InChI=1S/C10H18N2O2/c1-8(4-6-11)10(14)12(3)7-5-9(2)13/h6,8,11H,4-5,7H2,1-3H3. The summed E-state index contributed by atoms with van der Waals surface area (Å²) in [5.41, 5.74) is 0. The third kappa shape index (κ3) is 4.74. The van der Waals surface area contributed by atoms with Crippen molar-refractivity contribution in [3.05, 3.63) is 0 Å². The monoisotopic (exact) mass is 198 g/mol. The average Bonchev–Trinajstić information content (AvgIpc) is 2.13. The molecule has 14 heavy (non-hydrogen) atoms. The van der Waals surface area contributed by atoms with Gasteiger partial charge in [-0.3, -0.25) is 9.59 Å². The molecule has 0 aliphatic carbocycles. The minimum Gasteiger partial charge on any atom is -0.345 e. The van der Waals surface area contributed by atoms with Crippen LogP contribution in [0.2, 0.25) is 0 Å². The molecule has 0 aliphatic rings. The Bertz CT molecular complexity index is 226. The van der Waals surface area contributed by atoms with E-state index in [-0.39, 0.29) is 17.6 Å². The number of carbonyl (C=O) groups excluding carboxylic acids is 2. The van der Waals surface area contributed by atoms with Crippen LogP contribution in [0.1, 0.15) is 26.7 Å². The van der Waals surface area contributed by atoms with Crippen molar-refractivity contribution >= 4 is 17.9 Å². The lowest BCUT2D eigenvalue weighted by Gasteiger charge is -2.19. The predicted octanol–water partition coefficient (Wildman–Crippen LogP) is 1.10. The molecular formula is C10H18N2O2. The zero-order valence-electron chi connectivity index (χ0n) is 9.04. The SMILES string of the molecule is CC(=O)CCN(C)C(=O)C(C)CC=N. The summed E-state index contributed by atoms with van der Waals surface area (Å²) in [5, 5.41) is 6.89. The first-order valence-electron chi connectivity index (χ1n) is 4.72. The molecule has 1 N–H and O–H groups in total. The molecule has 4 heteroatoms. The van der Waals surface area contributed by atoms with Crippen molar-refractivity contribution in [3.8, 4) is 0 Å². The van der Waals surface area contributed by atoms with Gasteiger partial charge in [0, 0.05) is 25.9 Å². The molecule has 0 aromatic carbocycles. The summed E-state index contributed by atoms with van der Waals surface area (Å²) in [5.74, 6) is -0.0800. The third-order valence-electron chi connectivity index (χ3n) is 2.07. The van der Waals surface area contributed by atoms with Gasteiger partial charge in [0.25, 0.3) is 0 Å². The Labute approximate surface area is 84.8 Å². The maximum absolute atomic E-state index is 11.6. The molecule has 0 rings (SSSR count). The molecule has 0 saturated heterocycles. The third-order valence-corrected chi connectivity index (χ3v) is 2.07. The number of amides is 1. The van der Waals surface area contributed by atoms with Crippen molar-refractivity contribution in [1.82, 2.24) is 4.90 Å². The molecule has 1 amide bonds. The molecule has 1 atom stereocenters. The number of rotatable bonds is 6. The van der Waals surface area contributed by atoms with Crippen molar-refractivity contribution in [1.29, 1.82) is 5.41 Å². The van der Waals surface area contributed by atoms with Gasteiger partial charge in [0.15, 0.2) is 0 Å². The number of nitrogens with one attached hydrogen (secondary N) is 1. The number of Topliss-reactive ketones (excluding diaryl/α,β-unsaturated/α-hetero) is 1. The van der Waals surface area contributed by atoms with Crippen LogP contribution in [0.3, 0.4) is 0 Å². The summed E-state index contributed by atoms with van der Waals surface area (Å²) in [7, 11) is 1.69. The maximum atomic E-state index is 11.6. The Balaban J connectivity index is 3.97. The maximum Gasteiger partial charge on any atom is 0.225 e. The van der Waals surface area contributed by atoms with Crippen LogP contribution in [0.5, 0.6) is 0 Å². The van der Waals surface area contributed by atoms with Crippen LogP contribution in [0.25, 0.3) is 0 Å².